The highest BCUT2D eigenvalue weighted by molar-refractivity contribution is 6.30. The highest BCUT2D eigenvalue weighted by atomic mass is 35.5. The van der Waals surface area contributed by atoms with Crippen LogP contribution in [0.2, 0.25) is 5.02 Å². The summed E-state index contributed by atoms with van der Waals surface area (Å²) in [5.74, 6) is -0.254. The predicted octanol–water partition coefficient (Wildman–Crippen LogP) is 4.06. The molecule has 0 atom stereocenters. The van der Waals surface area contributed by atoms with E-state index in [1.807, 2.05) is 19.1 Å². The Bertz CT molecular complexity index is 645. The molecular weight excluding hydrogens is 284 g/mol. The fourth-order valence-corrected chi connectivity index (χ4v) is 1.97. The summed E-state index contributed by atoms with van der Waals surface area (Å²) in [5.41, 5.74) is 6.10. The minimum Gasteiger partial charge on any atom is -0.267 e. The molecular formula is C17H17ClN2O. The lowest BCUT2D eigenvalue weighted by atomic mass is 10.1. The fraction of sp³-hybridized carbons (Fsp3) is 0.176. The number of hydrogen-bond acceptors (Lipinski definition) is 2. The Labute approximate surface area is 129 Å². The van der Waals surface area contributed by atoms with Crippen molar-refractivity contribution in [2.75, 3.05) is 0 Å². The Morgan fingerprint density at radius 1 is 1.05 bits per heavy atom. The Kier molecular flexibility index (Phi) is 5.12. The van der Waals surface area contributed by atoms with Gasteiger partial charge in [-0.3, -0.25) is 4.79 Å². The highest BCUT2D eigenvalue weighted by Crippen LogP contribution is 2.09. The number of benzene rings is 2. The number of nitrogens with zero attached hydrogens (tertiary/aromatic N) is 1. The molecule has 0 fully saturated rings. The van der Waals surface area contributed by atoms with Crippen molar-refractivity contribution in [2.45, 2.75) is 20.3 Å². The van der Waals surface area contributed by atoms with E-state index in [1.54, 1.807) is 24.3 Å². The largest absolute Gasteiger partial charge is 0.271 e. The van der Waals surface area contributed by atoms with Gasteiger partial charge in [-0.15, -0.1) is 0 Å². The van der Waals surface area contributed by atoms with Crippen LogP contribution < -0.4 is 5.43 Å². The summed E-state index contributed by atoms with van der Waals surface area (Å²) in [6.45, 7) is 3.98. The molecule has 2 rings (SSSR count). The topological polar surface area (TPSA) is 41.5 Å². The van der Waals surface area contributed by atoms with Gasteiger partial charge in [0, 0.05) is 10.6 Å². The summed E-state index contributed by atoms with van der Waals surface area (Å²) in [5, 5.41) is 4.73. The lowest BCUT2D eigenvalue weighted by Gasteiger charge is -2.04. The van der Waals surface area contributed by atoms with E-state index < -0.39 is 0 Å². The second-order valence-corrected chi connectivity index (χ2v) is 5.13. The molecule has 0 spiro atoms. The Morgan fingerprint density at radius 3 is 2.19 bits per heavy atom. The molecule has 0 heterocycles. The van der Waals surface area contributed by atoms with Gasteiger partial charge in [0.1, 0.15) is 0 Å². The van der Waals surface area contributed by atoms with E-state index in [0.717, 1.165) is 17.7 Å². The smallest absolute Gasteiger partial charge is 0.267 e. The van der Waals surface area contributed by atoms with Crippen LogP contribution in [0.1, 0.15) is 35.3 Å². The molecule has 3 nitrogen and oxygen atoms in total. The van der Waals surface area contributed by atoms with Crippen molar-refractivity contribution < 1.29 is 4.79 Å². The SMILES string of the molecule is CCc1ccc(/C(C)=N\NC(=O)c2ccc(Cl)cc2)cc1. The molecule has 4 heteroatoms. The third-order valence-electron chi connectivity index (χ3n) is 3.21. The first-order chi connectivity index (χ1) is 10.1. The standard InChI is InChI=1S/C17H17ClN2O/c1-3-13-4-6-14(7-5-13)12(2)19-20-17(21)15-8-10-16(18)11-9-15/h4-11H,3H2,1-2H3,(H,20,21)/b19-12-. The van der Waals surface area contributed by atoms with E-state index in [2.05, 4.69) is 29.6 Å². The average molecular weight is 301 g/mol. The molecule has 0 unspecified atom stereocenters. The van der Waals surface area contributed by atoms with Crippen molar-refractivity contribution in [3.05, 3.63) is 70.2 Å². The third-order valence-corrected chi connectivity index (χ3v) is 3.46. The van der Waals surface area contributed by atoms with Crippen molar-refractivity contribution in [1.82, 2.24) is 5.43 Å². The first-order valence-electron chi connectivity index (χ1n) is 6.79. The van der Waals surface area contributed by atoms with Crippen LogP contribution in [-0.2, 0) is 6.42 Å². The van der Waals surface area contributed by atoms with Crippen LogP contribution in [-0.4, -0.2) is 11.6 Å². The number of amides is 1. The molecule has 21 heavy (non-hydrogen) atoms. The number of hydrogen-bond donors (Lipinski definition) is 1. The van der Waals surface area contributed by atoms with Gasteiger partial charge in [0.15, 0.2) is 0 Å². The Morgan fingerprint density at radius 2 is 1.62 bits per heavy atom. The Hall–Kier alpha value is -2.13. The average Bonchev–Trinajstić information content (AvgIpc) is 2.53. The predicted molar refractivity (Wildman–Crippen MR) is 86.9 cm³/mol. The summed E-state index contributed by atoms with van der Waals surface area (Å²) in [4.78, 5) is 11.9. The highest BCUT2D eigenvalue weighted by Gasteiger charge is 2.04. The molecule has 2 aromatic carbocycles. The van der Waals surface area contributed by atoms with Gasteiger partial charge < -0.3 is 0 Å². The van der Waals surface area contributed by atoms with Crippen molar-refractivity contribution in [1.29, 1.82) is 0 Å². The van der Waals surface area contributed by atoms with Gasteiger partial charge >= 0.3 is 0 Å². The van der Waals surface area contributed by atoms with Gasteiger partial charge in [0.05, 0.1) is 5.71 Å². The molecule has 1 N–H and O–H groups in total. The van der Waals surface area contributed by atoms with Gasteiger partial charge in [-0.2, -0.15) is 5.10 Å². The number of carbonyl (C=O) groups excluding carboxylic acids is 1. The lowest BCUT2D eigenvalue weighted by Crippen LogP contribution is -2.19. The zero-order valence-corrected chi connectivity index (χ0v) is 12.8. The number of nitrogens with one attached hydrogen (secondary N) is 1. The summed E-state index contributed by atoms with van der Waals surface area (Å²) in [7, 11) is 0. The van der Waals surface area contributed by atoms with Crippen molar-refractivity contribution >= 4 is 23.2 Å². The zero-order chi connectivity index (χ0) is 15.2. The van der Waals surface area contributed by atoms with E-state index in [4.69, 9.17) is 11.6 Å². The summed E-state index contributed by atoms with van der Waals surface area (Å²) in [6, 6.07) is 14.8. The first kappa shape index (κ1) is 15.3. The van der Waals surface area contributed by atoms with E-state index in [0.29, 0.717) is 10.6 Å². The first-order valence-corrected chi connectivity index (χ1v) is 7.17. The quantitative estimate of drug-likeness (QED) is 0.671. The van der Waals surface area contributed by atoms with Crippen LogP contribution in [0.4, 0.5) is 0 Å². The van der Waals surface area contributed by atoms with Gasteiger partial charge in [-0.1, -0.05) is 42.8 Å². The van der Waals surface area contributed by atoms with Gasteiger partial charge in [0.2, 0.25) is 0 Å². The van der Waals surface area contributed by atoms with Crippen LogP contribution >= 0.6 is 11.6 Å². The molecule has 2 aromatic rings. The van der Waals surface area contributed by atoms with Crippen molar-refractivity contribution in [3.8, 4) is 0 Å². The maximum atomic E-state index is 11.9. The van der Waals surface area contributed by atoms with E-state index in [-0.39, 0.29) is 5.91 Å². The molecule has 0 aliphatic carbocycles. The maximum absolute atomic E-state index is 11.9. The van der Waals surface area contributed by atoms with Crippen LogP contribution in [0.25, 0.3) is 0 Å². The van der Waals surface area contributed by atoms with Crippen LogP contribution in [0.3, 0.4) is 0 Å². The number of carbonyl (C=O) groups is 1. The molecule has 0 aromatic heterocycles. The summed E-state index contributed by atoms with van der Waals surface area (Å²) < 4.78 is 0. The molecule has 1 amide bonds. The fourth-order valence-electron chi connectivity index (χ4n) is 1.85. The van der Waals surface area contributed by atoms with Crippen molar-refractivity contribution in [3.63, 3.8) is 0 Å². The molecule has 0 saturated heterocycles. The van der Waals surface area contributed by atoms with Crippen LogP contribution in [0, 0.1) is 0 Å². The Balaban J connectivity index is 2.05. The third kappa shape index (κ3) is 4.17. The normalized spacial score (nSPS) is 11.3. The minimum absolute atomic E-state index is 0.254. The number of rotatable bonds is 4. The molecule has 0 aliphatic heterocycles. The van der Waals surface area contributed by atoms with E-state index in [9.17, 15) is 4.79 Å². The second kappa shape index (κ2) is 7.04. The summed E-state index contributed by atoms with van der Waals surface area (Å²) in [6.07, 6.45) is 1.00. The van der Waals surface area contributed by atoms with Gasteiger partial charge in [0.25, 0.3) is 5.91 Å². The molecule has 0 radical (unpaired) electrons. The lowest BCUT2D eigenvalue weighted by molar-refractivity contribution is 0.0955. The van der Waals surface area contributed by atoms with E-state index in [1.165, 1.54) is 5.56 Å². The zero-order valence-electron chi connectivity index (χ0n) is 12.1. The molecule has 0 bridgehead atoms. The molecule has 108 valence electrons. The van der Waals surface area contributed by atoms with Crippen molar-refractivity contribution in [2.24, 2.45) is 5.10 Å². The number of hydrazone groups is 1. The monoisotopic (exact) mass is 300 g/mol. The summed E-state index contributed by atoms with van der Waals surface area (Å²) >= 11 is 5.79. The van der Waals surface area contributed by atoms with Gasteiger partial charge in [-0.05, 0) is 48.7 Å². The molecule has 0 saturated carbocycles. The number of halogens is 1. The molecule has 0 aliphatic rings. The second-order valence-electron chi connectivity index (χ2n) is 4.70. The van der Waals surface area contributed by atoms with Gasteiger partial charge in [-0.25, -0.2) is 5.43 Å². The van der Waals surface area contributed by atoms with Crippen LogP contribution in [0.5, 0.6) is 0 Å². The minimum atomic E-state index is -0.254. The maximum Gasteiger partial charge on any atom is 0.271 e. The van der Waals surface area contributed by atoms with Crippen LogP contribution in [0.15, 0.2) is 53.6 Å². The number of aryl methyl sites for hydroxylation is 1. The van der Waals surface area contributed by atoms with E-state index >= 15 is 0 Å².